The first-order valence-electron chi connectivity index (χ1n) is 7.04. The summed E-state index contributed by atoms with van der Waals surface area (Å²) in [5, 5.41) is 23.8. The van der Waals surface area contributed by atoms with Crippen LogP contribution in [0.4, 0.5) is 15.8 Å². The quantitative estimate of drug-likeness (QED) is 0.357. The summed E-state index contributed by atoms with van der Waals surface area (Å²) in [6.45, 7) is 0.168. The highest BCUT2D eigenvalue weighted by Gasteiger charge is 2.29. The number of nitrogens with one attached hydrogen (secondary N) is 1. The van der Waals surface area contributed by atoms with Crippen LogP contribution in [0.5, 0.6) is 11.5 Å². The van der Waals surface area contributed by atoms with E-state index in [-0.39, 0.29) is 12.2 Å². The number of ether oxygens (including phenoxy) is 2. The standard InChI is InChI=1S/C16H15FN2O6/c1-24-10-5-3-9(4-6-10)8-18-11-7-12(19(22)23)14(17)13(15(11)20)16(21)25-2/h3-7,18,20H,8H2,1-2H3. The second-order valence-corrected chi connectivity index (χ2v) is 4.93. The Hall–Kier alpha value is -3.36. The minimum Gasteiger partial charge on any atom is -0.505 e. The summed E-state index contributed by atoms with van der Waals surface area (Å²) in [4.78, 5) is 21.6. The Balaban J connectivity index is 2.37. The van der Waals surface area contributed by atoms with E-state index in [2.05, 4.69) is 10.1 Å². The van der Waals surface area contributed by atoms with Gasteiger partial charge in [0, 0.05) is 12.6 Å². The zero-order chi connectivity index (χ0) is 18.6. The first-order valence-corrected chi connectivity index (χ1v) is 7.04. The number of carbonyl (C=O) groups excluding carboxylic acids is 1. The van der Waals surface area contributed by atoms with Crippen molar-refractivity contribution in [1.29, 1.82) is 0 Å². The van der Waals surface area contributed by atoms with E-state index in [9.17, 15) is 24.4 Å². The molecule has 0 fully saturated rings. The first-order chi connectivity index (χ1) is 11.9. The van der Waals surface area contributed by atoms with Gasteiger partial charge in [0.05, 0.1) is 24.8 Å². The fraction of sp³-hybridized carbons (Fsp3) is 0.188. The van der Waals surface area contributed by atoms with Crippen LogP contribution in [0.25, 0.3) is 0 Å². The Kier molecular flexibility index (Phi) is 5.38. The highest BCUT2D eigenvalue weighted by molar-refractivity contribution is 5.96. The fourth-order valence-electron chi connectivity index (χ4n) is 2.13. The Bertz CT molecular complexity index is 807. The lowest BCUT2D eigenvalue weighted by Crippen LogP contribution is -2.10. The topological polar surface area (TPSA) is 111 Å². The van der Waals surface area contributed by atoms with Crippen LogP contribution >= 0.6 is 0 Å². The van der Waals surface area contributed by atoms with E-state index in [1.165, 1.54) is 7.11 Å². The van der Waals surface area contributed by atoms with Gasteiger partial charge < -0.3 is 19.9 Å². The normalized spacial score (nSPS) is 10.2. The molecule has 2 aromatic rings. The molecule has 0 radical (unpaired) electrons. The predicted molar refractivity (Wildman–Crippen MR) is 86.4 cm³/mol. The monoisotopic (exact) mass is 350 g/mol. The van der Waals surface area contributed by atoms with Crippen molar-refractivity contribution in [3.63, 3.8) is 0 Å². The smallest absolute Gasteiger partial charge is 0.345 e. The summed E-state index contributed by atoms with van der Waals surface area (Å²) >= 11 is 0. The molecule has 8 nitrogen and oxygen atoms in total. The van der Waals surface area contributed by atoms with Gasteiger partial charge in [0.25, 0.3) is 0 Å². The molecule has 0 atom stereocenters. The molecule has 0 aliphatic heterocycles. The minimum atomic E-state index is -1.45. The van der Waals surface area contributed by atoms with Gasteiger partial charge >= 0.3 is 11.7 Å². The molecular weight excluding hydrogens is 335 g/mol. The van der Waals surface area contributed by atoms with Crippen LogP contribution in [0.2, 0.25) is 0 Å². The molecule has 2 aromatic carbocycles. The van der Waals surface area contributed by atoms with Crippen LogP contribution < -0.4 is 10.1 Å². The molecule has 132 valence electrons. The molecule has 0 saturated heterocycles. The van der Waals surface area contributed by atoms with Gasteiger partial charge in [-0.25, -0.2) is 4.79 Å². The van der Waals surface area contributed by atoms with Crippen LogP contribution in [0.15, 0.2) is 30.3 Å². The maximum Gasteiger partial charge on any atom is 0.345 e. The van der Waals surface area contributed by atoms with Crippen molar-refractivity contribution < 1.29 is 28.7 Å². The molecule has 0 aliphatic rings. The van der Waals surface area contributed by atoms with Crippen LogP contribution in [-0.2, 0) is 11.3 Å². The number of benzene rings is 2. The number of rotatable bonds is 6. The summed E-state index contributed by atoms with van der Waals surface area (Å²) in [7, 11) is 2.50. The number of phenolic OH excluding ortho intramolecular Hbond substituents is 1. The third kappa shape index (κ3) is 3.77. The van der Waals surface area contributed by atoms with Gasteiger partial charge in [-0.2, -0.15) is 4.39 Å². The van der Waals surface area contributed by atoms with E-state index < -0.39 is 33.7 Å². The molecular formula is C16H15FN2O6. The van der Waals surface area contributed by atoms with Crippen LogP contribution in [0.1, 0.15) is 15.9 Å². The number of hydrogen-bond donors (Lipinski definition) is 2. The summed E-state index contributed by atoms with van der Waals surface area (Å²) in [5.41, 5.74) is -1.24. The molecule has 0 amide bonds. The van der Waals surface area contributed by atoms with Crippen molar-refractivity contribution in [2.24, 2.45) is 0 Å². The molecule has 0 unspecified atom stereocenters. The van der Waals surface area contributed by atoms with Gasteiger partial charge in [-0.15, -0.1) is 0 Å². The third-order valence-electron chi connectivity index (χ3n) is 3.45. The van der Waals surface area contributed by atoms with Crippen molar-refractivity contribution in [3.8, 4) is 11.5 Å². The summed E-state index contributed by atoms with van der Waals surface area (Å²) < 4.78 is 23.5. The van der Waals surface area contributed by atoms with Crippen molar-refractivity contribution in [2.45, 2.75) is 6.54 Å². The van der Waals surface area contributed by atoms with Crippen LogP contribution in [-0.4, -0.2) is 30.2 Å². The first kappa shape index (κ1) is 18.0. The molecule has 2 N–H and O–H groups in total. The second-order valence-electron chi connectivity index (χ2n) is 4.93. The molecule has 0 spiro atoms. The van der Waals surface area contributed by atoms with E-state index in [1.807, 2.05) is 0 Å². The Morgan fingerprint density at radius 3 is 2.48 bits per heavy atom. The fourth-order valence-corrected chi connectivity index (χ4v) is 2.13. The molecule has 0 bridgehead atoms. The lowest BCUT2D eigenvalue weighted by atomic mass is 10.1. The third-order valence-corrected chi connectivity index (χ3v) is 3.45. The summed E-state index contributed by atoms with van der Waals surface area (Å²) in [5.74, 6) is -2.78. The maximum atomic E-state index is 14.1. The van der Waals surface area contributed by atoms with E-state index >= 15 is 0 Å². The number of nitrogens with zero attached hydrogens (tertiary/aromatic N) is 1. The second kappa shape index (κ2) is 7.47. The van der Waals surface area contributed by atoms with Crippen molar-refractivity contribution >= 4 is 17.3 Å². The van der Waals surface area contributed by atoms with E-state index in [0.29, 0.717) is 5.75 Å². The molecule has 0 heterocycles. The van der Waals surface area contributed by atoms with E-state index in [4.69, 9.17) is 4.74 Å². The van der Waals surface area contributed by atoms with Crippen LogP contribution in [0, 0.1) is 15.9 Å². The number of anilines is 1. The molecule has 0 aromatic heterocycles. The number of hydrogen-bond acceptors (Lipinski definition) is 7. The van der Waals surface area contributed by atoms with Crippen molar-refractivity contribution in [3.05, 3.63) is 57.4 Å². The van der Waals surface area contributed by atoms with Gasteiger partial charge in [-0.3, -0.25) is 10.1 Å². The molecule has 25 heavy (non-hydrogen) atoms. The minimum absolute atomic E-state index is 0.163. The average Bonchev–Trinajstić information content (AvgIpc) is 2.61. The highest BCUT2D eigenvalue weighted by Crippen LogP contribution is 2.36. The Labute approximate surface area is 141 Å². The highest BCUT2D eigenvalue weighted by atomic mass is 19.1. The summed E-state index contributed by atoms with van der Waals surface area (Å²) in [6, 6.07) is 7.72. The van der Waals surface area contributed by atoms with Gasteiger partial charge in [-0.1, -0.05) is 12.1 Å². The number of aromatic hydroxyl groups is 1. The van der Waals surface area contributed by atoms with Crippen molar-refractivity contribution in [2.75, 3.05) is 19.5 Å². The number of nitro groups is 1. The number of esters is 1. The number of methoxy groups -OCH3 is 2. The van der Waals surface area contributed by atoms with E-state index in [0.717, 1.165) is 18.7 Å². The van der Waals surface area contributed by atoms with Crippen molar-refractivity contribution in [1.82, 2.24) is 0 Å². The van der Waals surface area contributed by atoms with Gasteiger partial charge in [0.1, 0.15) is 11.3 Å². The van der Waals surface area contributed by atoms with E-state index in [1.54, 1.807) is 24.3 Å². The average molecular weight is 350 g/mol. The molecule has 0 aliphatic carbocycles. The predicted octanol–water partition coefficient (Wildman–Crippen LogP) is 2.85. The molecule has 0 saturated carbocycles. The molecule has 9 heteroatoms. The SMILES string of the molecule is COC(=O)c1c(O)c(NCc2ccc(OC)cc2)cc([N+](=O)[O-])c1F. The van der Waals surface area contributed by atoms with Crippen LogP contribution in [0.3, 0.4) is 0 Å². The molecule has 2 rings (SSSR count). The lowest BCUT2D eigenvalue weighted by molar-refractivity contribution is -0.387. The lowest BCUT2D eigenvalue weighted by Gasteiger charge is -2.12. The zero-order valence-corrected chi connectivity index (χ0v) is 13.4. The van der Waals surface area contributed by atoms with Gasteiger partial charge in [0.15, 0.2) is 5.75 Å². The Morgan fingerprint density at radius 2 is 1.96 bits per heavy atom. The number of carbonyl (C=O) groups is 1. The zero-order valence-electron chi connectivity index (χ0n) is 13.4. The maximum absolute atomic E-state index is 14.1. The number of nitro benzene ring substituents is 1. The summed E-state index contributed by atoms with van der Waals surface area (Å²) in [6.07, 6.45) is 0. The Morgan fingerprint density at radius 1 is 1.32 bits per heavy atom. The number of halogens is 1. The number of phenols is 1. The van der Waals surface area contributed by atoms with Gasteiger partial charge in [0.2, 0.25) is 5.82 Å². The largest absolute Gasteiger partial charge is 0.505 e. The van der Waals surface area contributed by atoms with Gasteiger partial charge in [-0.05, 0) is 17.7 Å².